The van der Waals surface area contributed by atoms with Crippen molar-refractivity contribution < 1.29 is 9.26 Å². The highest BCUT2D eigenvalue weighted by molar-refractivity contribution is 5.25. The molecule has 0 radical (unpaired) electrons. The van der Waals surface area contributed by atoms with Crippen LogP contribution in [0.15, 0.2) is 10.6 Å². The van der Waals surface area contributed by atoms with Crippen molar-refractivity contribution in [3.8, 4) is 0 Å². The molecular formula is C7H10N2O2. The summed E-state index contributed by atoms with van der Waals surface area (Å²) in [4.78, 5) is 0. The van der Waals surface area contributed by atoms with Crippen molar-refractivity contribution >= 4 is 5.88 Å². The lowest BCUT2D eigenvalue weighted by atomic mass is 10.2. The molecule has 0 bridgehead atoms. The molecule has 0 spiro atoms. The number of anilines is 1. The number of nitrogens with two attached hydrogens (primary N) is 1. The van der Waals surface area contributed by atoms with Crippen LogP contribution in [0.1, 0.15) is 24.6 Å². The summed E-state index contributed by atoms with van der Waals surface area (Å²) in [5.74, 6) is 0.357. The Morgan fingerprint density at radius 2 is 2.55 bits per heavy atom. The van der Waals surface area contributed by atoms with Gasteiger partial charge in [-0.05, 0) is 12.8 Å². The monoisotopic (exact) mass is 154 g/mol. The van der Waals surface area contributed by atoms with Crippen LogP contribution in [0.3, 0.4) is 0 Å². The van der Waals surface area contributed by atoms with Gasteiger partial charge in [-0.3, -0.25) is 0 Å². The average molecular weight is 154 g/mol. The summed E-state index contributed by atoms with van der Waals surface area (Å²) in [5, 5.41) is 3.77. The molecule has 2 rings (SSSR count). The minimum absolute atomic E-state index is 0.107. The molecule has 1 saturated heterocycles. The summed E-state index contributed by atoms with van der Waals surface area (Å²) < 4.78 is 10.1. The first-order valence-electron chi connectivity index (χ1n) is 3.70. The second-order valence-corrected chi connectivity index (χ2v) is 2.66. The summed E-state index contributed by atoms with van der Waals surface area (Å²) in [7, 11) is 0. The van der Waals surface area contributed by atoms with Crippen molar-refractivity contribution in [3.63, 3.8) is 0 Å². The van der Waals surface area contributed by atoms with E-state index in [-0.39, 0.29) is 6.10 Å². The summed E-state index contributed by atoms with van der Waals surface area (Å²) in [6.07, 6.45) is 2.22. The van der Waals surface area contributed by atoms with Crippen LogP contribution in [0.4, 0.5) is 5.88 Å². The lowest BCUT2D eigenvalue weighted by Gasteiger charge is -2.01. The van der Waals surface area contributed by atoms with Gasteiger partial charge in [-0.2, -0.15) is 0 Å². The second kappa shape index (κ2) is 2.54. The fourth-order valence-electron chi connectivity index (χ4n) is 1.27. The molecule has 1 atom stereocenters. The van der Waals surface area contributed by atoms with E-state index in [1.807, 2.05) is 0 Å². The van der Waals surface area contributed by atoms with Crippen LogP contribution in [0.2, 0.25) is 0 Å². The molecule has 0 aromatic carbocycles. The van der Waals surface area contributed by atoms with E-state index in [1.54, 1.807) is 6.07 Å². The van der Waals surface area contributed by atoms with Gasteiger partial charge in [0.15, 0.2) is 0 Å². The Morgan fingerprint density at radius 1 is 1.64 bits per heavy atom. The SMILES string of the molecule is Nc1cc(C2CCCO2)no1. The standard InChI is InChI=1S/C7H10N2O2/c8-7-4-5(9-11-7)6-2-1-3-10-6/h4,6H,1-3,8H2. The van der Waals surface area contributed by atoms with Crippen molar-refractivity contribution in [1.82, 2.24) is 5.16 Å². The van der Waals surface area contributed by atoms with Crippen LogP contribution in [0, 0.1) is 0 Å². The molecule has 4 nitrogen and oxygen atoms in total. The molecule has 0 amide bonds. The van der Waals surface area contributed by atoms with Gasteiger partial charge in [-0.1, -0.05) is 5.16 Å². The van der Waals surface area contributed by atoms with Gasteiger partial charge in [0.05, 0.1) is 0 Å². The smallest absolute Gasteiger partial charge is 0.222 e. The number of nitrogens with zero attached hydrogens (tertiary/aromatic N) is 1. The third-order valence-corrected chi connectivity index (χ3v) is 1.81. The third kappa shape index (κ3) is 1.21. The summed E-state index contributed by atoms with van der Waals surface area (Å²) >= 11 is 0. The van der Waals surface area contributed by atoms with Crippen LogP contribution in [-0.4, -0.2) is 11.8 Å². The van der Waals surface area contributed by atoms with Crippen molar-refractivity contribution in [2.45, 2.75) is 18.9 Å². The van der Waals surface area contributed by atoms with Gasteiger partial charge >= 0.3 is 0 Å². The highest BCUT2D eigenvalue weighted by Gasteiger charge is 2.20. The van der Waals surface area contributed by atoms with Gasteiger partial charge in [0, 0.05) is 12.7 Å². The molecule has 1 aliphatic rings. The Bertz CT molecular complexity index is 240. The van der Waals surface area contributed by atoms with Gasteiger partial charge in [-0.15, -0.1) is 0 Å². The Labute approximate surface area is 64.3 Å². The molecular weight excluding hydrogens is 144 g/mol. The number of hydrogen-bond acceptors (Lipinski definition) is 4. The van der Waals surface area contributed by atoms with E-state index in [2.05, 4.69) is 5.16 Å². The van der Waals surface area contributed by atoms with Crippen molar-refractivity contribution in [1.29, 1.82) is 0 Å². The molecule has 60 valence electrons. The first-order chi connectivity index (χ1) is 5.36. The Hall–Kier alpha value is -1.03. The van der Waals surface area contributed by atoms with Crippen LogP contribution in [0.25, 0.3) is 0 Å². The normalized spacial score (nSPS) is 24.2. The molecule has 0 saturated carbocycles. The van der Waals surface area contributed by atoms with E-state index >= 15 is 0 Å². The zero-order chi connectivity index (χ0) is 7.68. The van der Waals surface area contributed by atoms with E-state index in [9.17, 15) is 0 Å². The van der Waals surface area contributed by atoms with Gasteiger partial charge in [0.2, 0.25) is 5.88 Å². The molecule has 2 heterocycles. The minimum Gasteiger partial charge on any atom is -0.372 e. The van der Waals surface area contributed by atoms with Crippen LogP contribution in [-0.2, 0) is 4.74 Å². The van der Waals surface area contributed by atoms with Crippen molar-refractivity contribution in [2.24, 2.45) is 0 Å². The maximum Gasteiger partial charge on any atom is 0.222 e. The minimum atomic E-state index is 0.107. The highest BCUT2D eigenvalue weighted by Crippen LogP contribution is 2.28. The molecule has 1 aromatic rings. The summed E-state index contributed by atoms with van der Waals surface area (Å²) in [6, 6.07) is 1.72. The molecule has 0 aliphatic carbocycles. The highest BCUT2D eigenvalue weighted by atomic mass is 16.5. The maximum absolute atomic E-state index is 5.37. The first kappa shape index (κ1) is 6.67. The van der Waals surface area contributed by atoms with E-state index in [0.717, 1.165) is 25.1 Å². The molecule has 1 unspecified atom stereocenters. The molecule has 2 N–H and O–H groups in total. The predicted molar refractivity (Wildman–Crippen MR) is 38.8 cm³/mol. The average Bonchev–Trinajstić information content (AvgIpc) is 2.55. The second-order valence-electron chi connectivity index (χ2n) is 2.66. The lowest BCUT2D eigenvalue weighted by Crippen LogP contribution is -1.94. The fourth-order valence-corrected chi connectivity index (χ4v) is 1.27. The van der Waals surface area contributed by atoms with Crippen LogP contribution in [0.5, 0.6) is 0 Å². The molecule has 11 heavy (non-hydrogen) atoms. The number of ether oxygens (including phenoxy) is 1. The van der Waals surface area contributed by atoms with Crippen LogP contribution >= 0.6 is 0 Å². The Balaban J connectivity index is 2.15. The van der Waals surface area contributed by atoms with Gasteiger partial charge < -0.3 is 15.0 Å². The van der Waals surface area contributed by atoms with E-state index in [1.165, 1.54) is 0 Å². The van der Waals surface area contributed by atoms with E-state index < -0.39 is 0 Å². The van der Waals surface area contributed by atoms with Crippen LogP contribution < -0.4 is 5.73 Å². The first-order valence-corrected chi connectivity index (χ1v) is 3.70. The van der Waals surface area contributed by atoms with Gasteiger partial charge in [0.25, 0.3) is 0 Å². The quantitative estimate of drug-likeness (QED) is 0.658. The Kier molecular flexibility index (Phi) is 1.54. The van der Waals surface area contributed by atoms with E-state index in [4.69, 9.17) is 15.0 Å². The fraction of sp³-hybridized carbons (Fsp3) is 0.571. The molecule has 1 aliphatic heterocycles. The third-order valence-electron chi connectivity index (χ3n) is 1.81. The number of rotatable bonds is 1. The largest absolute Gasteiger partial charge is 0.372 e. The zero-order valence-electron chi connectivity index (χ0n) is 6.12. The Morgan fingerprint density at radius 3 is 3.09 bits per heavy atom. The lowest BCUT2D eigenvalue weighted by molar-refractivity contribution is 0.105. The topological polar surface area (TPSA) is 61.3 Å². The maximum atomic E-state index is 5.37. The summed E-state index contributed by atoms with van der Waals surface area (Å²) in [6.45, 7) is 0.817. The van der Waals surface area contributed by atoms with Gasteiger partial charge in [-0.25, -0.2) is 0 Å². The van der Waals surface area contributed by atoms with Crippen molar-refractivity contribution in [3.05, 3.63) is 11.8 Å². The number of aromatic nitrogens is 1. The molecule has 1 fully saturated rings. The molecule has 1 aromatic heterocycles. The summed E-state index contributed by atoms with van der Waals surface area (Å²) in [5.41, 5.74) is 6.18. The van der Waals surface area contributed by atoms with Crippen molar-refractivity contribution in [2.75, 3.05) is 12.3 Å². The predicted octanol–water partition coefficient (Wildman–Crippen LogP) is 1.11. The van der Waals surface area contributed by atoms with E-state index in [0.29, 0.717) is 5.88 Å². The van der Waals surface area contributed by atoms with Gasteiger partial charge in [0.1, 0.15) is 11.8 Å². The number of nitrogen functional groups attached to an aromatic ring is 1. The molecule has 4 heteroatoms. The number of hydrogen-bond donors (Lipinski definition) is 1. The zero-order valence-corrected chi connectivity index (χ0v) is 6.12.